The summed E-state index contributed by atoms with van der Waals surface area (Å²) in [6.45, 7) is 0. The molecule has 0 aliphatic rings. The van der Waals surface area contributed by atoms with Crippen molar-refractivity contribution in [1.82, 2.24) is 9.78 Å². The van der Waals surface area contributed by atoms with Crippen LogP contribution in [0, 0.1) is 0 Å². The Morgan fingerprint density at radius 3 is 2.43 bits per heavy atom. The zero-order chi connectivity index (χ0) is 9.80. The maximum atomic E-state index is 4.06. The van der Waals surface area contributed by atoms with Crippen LogP contribution in [0.4, 0.5) is 11.4 Å². The molecule has 2 aromatic rings. The van der Waals surface area contributed by atoms with E-state index in [9.17, 15) is 0 Å². The second kappa shape index (κ2) is 3.83. The quantitative estimate of drug-likeness (QED) is 0.665. The first-order valence-corrected chi connectivity index (χ1v) is 4.30. The van der Waals surface area contributed by atoms with Gasteiger partial charge in [-0.3, -0.25) is 4.68 Å². The van der Waals surface area contributed by atoms with E-state index in [0.29, 0.717) is 0 Å². The van der Waals surface area contributed by atoms with Crippen LogP contribution < -0.4 is 0 Å². The molecule has 0 bridgehead atoms. The number of aromatic nitrogens is 2. The summed E-state index contributed by atoms with van der Waals surface area (Å²) in [5, 5.41) is 12.1. The average Bonchev–Trinajstić information content (AvgIpc) is 2.63. The number of hydrogen-bond donors (Lipinski definition) is 0. The van der Waals surface area contributed by atoms with Gasteiger partial charge in [-0.25, -0.2) is 0 Å². The average molecular weight is 186 g/mol. The molecule has 2 rings (SSSR count). The second-order valence-corrected chi connectivity index (χ2v) is 2.91. The number of hydrogen-bond acceptors (Lipinski definition) is 3. The van der Waals surface area contributed by atoms with Crippen LogP contribution in [0.1, 0.15) is 0 Å². The highest BCUT2D eigenvalue weighted by atomic mass is 15.3. The molecule has 14 heavy (non-hydrogen) atoms. The van der Waals surface area contributed by atoms with E-state index in [2.05, 4.69) is 15.3 Å². The highest BCUT2D eigenvalue weighted by molar-refractivity contribution is 5.37. The van der Waals surface area contributed by atoms with Crippen LogP contribution in [-0.2, 0) is 7.05 Å². The van der Waals surface area contributed by atoms with E-state index in [-0.39, 0.29) is 0 Å². The van der Waals surface area contributed by atoms with E-state index in [1.807, 2.05) is 43.6 Å². The van der Waals surface area contributed by atoms with E-state index in [4.69, 9.17) is 0 Å². The molecule has 0 spiro atoms. The summed E-state index contributed by atoms with van der Waals surface area (Å²) < 4.78 is 1.69. The lowest BCUT2D eigenvalue weighted by molar-refractivity contribution is 0.768. The molecule has 0 saturated heterocycles. The number of aryl methyl sites for hydroxylation is 1. The Balaban J connectivity index is 2.15. The van der Waals surface area contributed by atoms with Crippen molar-refractivity contribution in [3.05, 3.63) is 42.7 Å². The monoisotopic (exact) mass is 186 g/mol. The first kappa shape index (κ1) is 8.62. The molecule has 4 nitrogen and oxygen atoms in total. The van der Waals surface area contributed by atoms with E-state index < -0.39 is 0 Å². The zero-order valence-electron chi connectivity index (χ0n) is 7.83. The Morgan fingerprint density at radius 2 is 1.79 bits per heavy atom. The molecule has 4 heteroatoms. The lowest BCUT2D eigenvalue weighted by Gasteiger charge is -1.88. The minimum Gasteiger partial charge on any atom is -0.274 e. The molecular weight excluding hydrogens is 176 g/mol. The molecule has 0 N–H and O–H groups in total. The third-order valence-corrected chi connectivity index (χ3v) is 1.73. The van der Waals surface area contributed by atoms with Crippen LogP contribution in [0.2, 0.25) is 0 Å². The molecule has 0 unspecified atom stereocenters. The van der Waals surface area contributed by atoms with Crippen molar-refractivity contribution >= 4 is 11.4 Å². The van der Waals surface area contributed by atoms with E-state index in [0.717, 1.165) is 11.4 Å². The number of azo groups is 1. The van der Waals surface area contributed by atoms with Gasteiger partial charge in [0.2, 0.25) is 0 Å². The number of rotatable bonds is 2. The Kier molecular flexibility index (Phi) is 2.36. The highest BCUT2D eigenvalue weighted by Crippen LogP contribution is 2.15. The summed E-state index contributed by atoms with van der Waals surface area (Å²) >= 11 is 0. The molecule has 1 aromatic heterocycles. The SMILES string of the molecule is Cn1cc(N=Nc2ccccc2)cn1. The topological polar surface area (TPSA) is 42.5 Å². The predicted octanol–water partition coefficient (Wildman–Crippen LogP) is 2.84. The van der Waals surface area contributed by atoms with Gasteiger partial charge in [0.15, 0.2) is 0 Å². The predicted molar refractivity (Wildman–Crippen MR) is 53.8 cm³/mol. The van der Waals surface area contributed by atoms with Crippen LogP contribution in [0.15, 0.2) is 53.0 Å². The van der Waals surface area contributed by atoms with Crippen LogP contribution in [-0.4, -0.2) is 9.78 Å². The Bertz CT molecular complexity index is 430. The number of nitrogens with zero attached hydrogens (tertiary/aromatic N) is 4. The Labute approximate surface area is 81.9 Å². The minimum absolute atomic E-state index is 0.761. The van der Waals surface area contributed by atoms with Gasteiger partial charge in [-0.2, -0.15) is 10.2 Å². The van der Waals surface area contributed by atoms with Crippen molar-refractivity contribution in [3.63, 3.8) is 0 Å². The lowest BCUT2D eigenvalue weighted by Crippen LogP contribution is -1.83. The molecule has 1 heterocycles. The standard InChI is InChI=1S/C10H10N4/c1-14-8-10(7-11-14)13-12-9-5-3-2-4-6-9/h2-8H,1H3. The normalized spacial score (nSPS) is 10.9. The van der Waals surface area contributed by atoms with Gasteiger partial charge in [0, 0.05) is 7.05 Å². The molecule has 70 valence electrons. The van der Waals surface area contributed by atoms with Crippen molar-refractivity contribution in [2.24, 2.45) is 17.3 Å². The zero-order valence-corrected chi connectivity index (χ0v) is 7.83. The van der Waals surface area contributed by atoms with E-state index in [1.54, 1.807) is 10.9 Å². The van der Waals surface area contributed by atoms with Gasteiger partial charge in [0.25, 0.3) is 0 Å². The molecule has 0 aliphatic heterocycles. The molecule has 1 aromatic carbocycles. The van der Waals surface area contributed by atoms with E-state index >= 15 is 0 Å². The third-order valence-electron chi connectivity index (χ3n) is 1.73. The summed E-state index contributed by atoms with van der Waals surface area (Å²) in [4.78, 5) is 0. The summed E-state index contributed by atoms with van der Waals surface area (Å²) in [6, 6.07) is 9.61. The molecule has 0 atom stereocenters. The van der Waals surface area contributed by atoms with Gasteiger partial charge < -0.3 is 0 Å². The maximum absolute atomic E-state index is 4.06. The molecule has 0 fully saturated rings. The first-order valence-electron chi connectivity index (χ1n) is 4.30. The Morgan fingerprint density at radius 1 is 1.07 bits per heavy atom. The third kappa shape index (κ3) is 2.04. The highest BCUT2D eigenvalue weighted by Gasteiger charge is 1.91. The smallest absolute Gasteiger partial charge is 0.124 e. The van der Waals surface area contributed by atoms with Crippen LogP contribution in [0.5, 0.6) is 0 Å². The van der Waals surface area contributed by atoms with Crippen LogP contribution >= 0.6 is 0 Å². The minimum atomic E-state index is 0.761. The van der Waals surface area contributed by atoms with E-state index in [1.165, 1.54) is 0 Å². The first-order chi connectivity index (χ1) is 6.84. The van der Waals surface area contributed by atoms with Crippen molar-refractivity contribution in [3.8, 4) is 0 Å². The van der Waals surface area contributed by atoms with Gasteiger partial charge >= 0.3 is 0 Å². The van der Waals surface area contributed by atoms with Gasteiger partial charge in [-0.15, -0.1) is 5.11 Å². The van der Waals surface area contributed by atoms with Crippen LogP contribution in [0.3, 0.4) is 0 Å². The summed E-state index contributed by atoms with van der Waals surface area (Å²) in [7, 11) is 1.85. The lowest BCUT2D eigenvalue weighted by atomic mass is 10.3. The molecule has 0 amide bonds. The molecular formula is C10H10N4. The summed E-state index contributed by atoms with van der Waals surface area (Å²) in [5.74, 6) is 0. The van der Waals surface area contributed by atoms with Crippen molar-refractivity contribution in [2.75, 3.05) is 0 Å². The van der Waals surface area contributed by atoms with Crippen molar-refractivity contribution < 1.29 is 0 Å². The van der Waals surface area contributed by atoms with Gasteiger partial charge in [-0.1, -0.05) is 18.2 Å². The fourth-order valence-electron chi connectivity index (χ4n) is 1.07. The summed E-state index contributed by atoms with van der Waals surface area (Å²) in [5.41, 5.74) is 1.60. The largest absolute Gasteiger partial charge is 0.274 e. The van der Waals surface area contributed by atoms with Gasteiger partial charge in [0.05, 0.1) is 18.1 Å². The summed E-state index contributed by atoms with van der Waals surface area (Å²) in [6.07, 6.45) is 3.48. The second-order valence-electron chi connectivity index (χ2n) is 2.91. The molecule has 0 radical (unpaired) electrons. The van der Waals surface area contributed by atoms with Gasteiger partial charge in [0.1, 0.15) is 5.69 Å². The van der Waals surface area contributed by atoms with Crippen molar-refractivity contribution in [1.29, 1.82) is 0 Å². The Hall–Kier alpha value is -1.97. The molecule has 0 aliphatic carbocycles. The van der Waals surface area contributed by atoms with Gasteiger partial charge in [-0.05, 0) is 12.1 Å². The number of benzene rings is 1. The maximum Gasteiger partial charge on any atom is 0.124 e. The van der Waals surface area contributed by atoms with Crippen LogP contribution in [0.25, 0.3) is 0 Å². The fraction of sp³-hybridized carbons (Fsp3) is 0.100. The van der Waals surface area contributed by atoms with Crippen molar-refractivity contribution in [2.45, 2.75) is 0 Å². The fourth-order valence-corrected chi connectivity index (χ4v) is 1.07. The molecule has 0 saturated carbocycles.